The first-order valence-corrected chi connectivity index (χ1v) is 5.92. The van der Waals surface area contributed by atoms with Crippen LogP contribution in [0.5, 0.6) is 5.75 Å². The molecule has 0 amide bonds. The number of phenols is 1. The molecular weight excluding hydrogens is 253 g/mol. The molecule has 0 saturated carbocycles. The molecule has 0 bridgehead atoms. The minimum Gasteiger partial charge on any atom is -0.508 e. The fourth-order valence-electron chi connectivity index (χ4n) is 1.65. The molecule has 0 fully saturated rings. The molecule has 2 aromatic carbocycles. The number of aromatic hydroxyl groups is 1. The highest BCUT2D eigenvalue weighted by Crippen LogP contribution is 2.22. The van der Waals surface area contributed by atoms with Crippen molar-refractivity contribution in [3.05, 3.63) is 58.4 Å². The number of phenolic OH excluding ortho intramolecular Hbond substituents is 1. The number of nitrogens with one attached hydrogen (secondary N) is 1. The number of benzene rings is 2. The molecule has 2 N–H and O–H groups in total. The Balaban J connectivity index is 2.11. The highest BCUT2D eigenvalue weighted by atomic mass is 35.5. The fraction of sp³-hybridized carbons (Fsp3) is 0.143. The molecule has 0 unspecified atom stereocenters. The van der Waals surface area contributed by atoms with E-state index in [1.807, 2.05) is 0 Å². The molecule has 2 aromatic rings. The predicted molar refractivity (Wildman–Crippen MR) is 71.6 cm³/mol. The lowest BCUT2D eigenvalue weighted by Gasteiger charge is -2.09. The summed E-state index contributed by atoms with van der Waals surface area (Å²) >= 11 is 5.71. The van der Waals surface area contributed by atoms with Crippen LogP contribution in [0, 0.1) is 12.7 Å². The van der Waals surface area contributed by atoms with Crippen molar-refractivity contribution in [1.29, 1.82) is 0 Å². The van der Waals surface area contributed by atoms with Crippen LogP contribution in [0.4, 0.5) is 10.1 Å². The summed E-state index contributed by atoms with van der Waals surface area (Å²) in [4.78, 5) is 0. The lowest BCUT2D eigenvalue weighted by Crippen LogP contribution is -2.02. The highest BCUT2D eigenvalue weighted by Gasteiger charge is 2.06. The maximum atomic E-state index is 13.6. The monoisotopic (exact) mass is 265 g/mol. The molecule has 0 aliphatic carbocycles. The number of anilines is 1. The van der Waals surface area contributed by atoms with E-state index in [-0.39, 0.29) is 10.8 Å². The van der Waals surface area contributed by atoms with Gasteiger partial charge in [-0.15, -0.1) is 0 Å². The zero-order valence-corrected chi connectivity index (χ0v) is 10.6. The molecule has 0 aliphatic rings. The zero-order chi connectivity index (χ0) is 13.1. The van der Waals surface area contributed by atoms with Gasteiger partial charge in [-0.2, -0.15) is 0 Å². The molecule has 18 heavy (non-hydrogen) atoms. The van der Waals surface area contributed by atoms with E-state index in [2.05, 4.69) is 5.32 Å². The SMILES string of the molecule is Cc1cc(NCc2cccc(Cl)c2F)ccc1O. The van der Waals surface area contributed by atoms with E-state index < -0.39 is 5.82 Å². The third-order valence-electron chi connectivity index (χ3n) is 2.71. The van der Waals surface area contributed by atoms with E-state index in [1.165, 1.54) is 6.07 Å². The third kappa shape index (κ3) is 2.74. The third-order valence-corrected chi connectivity index (χ3v) is 3.00. The van der Waals surface area contributed by atoms with E-state index in [9.17, 15) is 9.50 Å². The molecule has 0 saturated heterocycles. The van der Waals surface area contributed by atoms with Gasteiger partial charge in [0.2, 0.25) is 0 Å². The summed E-state index contributed by atoms with van der Waals surface area (Å²) in [5.41, 5.74) is 2.10. The maximum Gasteiger partial charge on any atom is 0.146 e. The van der Waals surface area contributed by atoms with Gasteiger partial charge in [-0.3, -0.25) is 0 Å². The molecule has 0 heterocycles. The molecule has 0 spiro atoms. The second kappa shape index (κ2) is 5.27. The van der Waals surface area contributed by atoms with E-state index in [4.69, 9.17) is 11.6 Å². The largest absolute Gasteiger partial charge is 0.508 e. The minimum absolute atomic E-state index is 0.121. The Bertz CT molecular complexity index is 572. The first-order valence-electron chi connectivity index (χ1n) is 5.54. The second-order valence-electron chi connectivity index (χ2n) is 4.07. The van der Waals surface area contributed by atoms with Crippen molar-refractivity contribution in [1.82, 2.24) is 0 Å². The number of hydrogen-bond donors (Lipinski definition) is 2. The summed E-state index contributed by atoms with van der Waals surface area (Å²) in [5, 5.41) is 12.6. The quantitative estimate of drug-likeness (QED) is 0.819. The summed E-state index contributed by atoms with van der Waals surface area (Å²) in [6, 6.07) is 10.1. The molecule has 0 aromatic heterocycles. The maximum absolute atomic E-state index is 13.6. The van der Waals surface area contributed by atoms with E-state index >= 15 is 0 Å². The molecule has 2 rings (SSSR count). The van der Waals surface area contributed by atoms with E-state index in [0.29, 0.717) is 12.1 Å². The van der Waals surface area contributed by atoms with Gasteiger partial charge in [0.1, 0.15) is 11.6 Å². The number of aryl methyl sites for hydroxylation is 1. The molecule has 94 valence electrons. The van der Waals surface area contributed by atoms with Crippen LogP contribution < -0.4 is 5.32 Å². The molecule has 4 heteroatoms. The van der Waals surface area contributed by atoms with E-state index in [0.717, 1.165) is 11.3 Å². The normalized spacial score (nSPS) is 10.4. The summed E-state index contributed by atoms with van der Waals surface area (Å²) in [6.45, 7) is 2.15. The van der Waals surface area contributed by atoms with Gasteiger partial charge in [-0.05, 0) is 36.8 Å². The first kappa shape index (κ1) is 12.7. The van der Waals surface area contributed by atoms with Gasteiger partial charge in [0.25, 0.3) is 0 Å². The smallest absolute Gasteiger partial charge is 0.146 e. The lowest BCUT2D eigenvalue weighted by molar-refractivity contribution is 0.471. The molecule has 0 aliphatic heterocycles. The summed E-state index contributed by atoms with van der Waals surface area (Å²) in [7, 11) is 0. The summed E-state index contributed by atoms with van der Waals surface area (Å²) < 4.78 is 13.6. The summed E-state index contributed by atoms with van der Waals surface area (Å²) in [6.07, 6.45) is 0. The van der Waals surface area contributed by atoms with Crippen LogP contribution in [0.3, 0.4) is 0 Å². The Morgan fingerprint density at radius 2 is 2.06 bits per heavy atom. The van der Waals surface area contributed by atoms with Gasteiger partial charge in [0.05, 0.1) is 5.02 Å². The van der Waals surface area contributed by atoms with Crippen LogP contribution in [0.1, 0.15) is 11.1 Å². The molecular formula is C14H13ClFNO. The minimum atomic E-state index is -0.401. The van der Waals surface area contributed by atoms with Crippen LogP contribution in [-0.2, 0) is 6.54 Å². The molecule has 0 atom stereocenters. The zero-order valence-electron chi connectivity index (χ0n) is 9.87. The average Bonchev–Trinajstić information content (AvgIpc) is 2.35. The van der Waals surface area contributed by atoms with Crippen LogP contribution in [-0.4, -0.2) is 5.11 Å². The Hall–Kier alpha value is -1.74. The van der Waals surface area contributed by atoms with Crippen molar-refractivity contribution in [3.8, 4) is 5.75 Å². The van der Waals surface area contributed by atoms with Crippen molar-refractivity contribution in [2.45, 2.75) is 13.5 Å². The van der Waals surface area contributed by atoms with Crippen molar-refractivity contribution < 1.29 is 9.50 Å². The predicted octanol–water partition coefficient (Wildman–Crippen LogP) is 4.11. The first-order chi connectivity index (χ1) is 8.58. The number of halogens is 2. The Morgan fingerprint density at radius 3 is 2.78 bits per heavy atom. The van der Waals surface area contributed by atoms with Gasteiger partial charge >= 0.3 is 0 Å². The summed E-state index contributed by atoms with van der Waals surface area (Å²) in [5.74, 6) is -0.156. The van der Waals surface area contributed by atoms with Crippen LogP contribution in [0.25, 0.3) is 0 Å². The van der Waals surface area contributed by atoms with Crippen LogP contribution in [0.2, 0.25) is 5.02 Å². The Labute approximate surface area is 110 Å². The van der Waals surface area contributed by atoms with Gasteiger partial charge < -0.3 is 10.4 Å². The molecule has 2 nitrogen and oxygen atoms in total. The Morgan fingerprint density at radius 1 is 1.28 bits per heavy atom. The van der Waals surface area contributed by atoms with Crippen molar-refractivity contribution in [2.75, 3.05) is 5.32 Å². The number of rotatable bonds is 3. The van der Waals surface area contributed by atoms with E-state index in [1.54, 1.807) is 37.3 Å². The lowest BCUT2D eigenvalue weighted by atomic mass is 10.1. The average molecular weight is 266 g/mol. The van der Waals surface area contributed by atoms with Crippen molar-refractivity contribution >= 4 is 17.3 Å². The van der Waals surface area contributed by atoms with Crippen molar-refractivity contribution in [2.24, 2.45) is 0 Å². The molecule has 0 radical (unpaired) electrons. The van der Waals surface area contributed by atoms with Gasteiger partial charge in [0.15, 0.2) is 0 Å². The topological polar surface area (TPSA) is 32.3 Å². The van der Waals surface area contributed by atoms with Crippen LogP contribution >= 0.6 is 11.6 Å². The highest BCUT2D eigenvalue weighted by molar-refractivity contribution is 6.30. The fourth-order valence-corrected chi connectivity index (χ4v) is 1.84. The second-order valence-corrected chi connectivity index (χ2v) is 4.47. The van der Waals surface area contributed by atoms with Crippen molar-refractivity contribution in [3.63, 3.8) is 0 Å². The standard InChI is InChI=1S/C14H13ClFNO/c1-9-7-11(5-6-13(9)18)17-8-10-3-2-4-12(15)14(10)16/h2-7,17-18H,8H2,1H3. The Kier molecular flexibility index (Phi) is 3.72. The van der Waals surface area contributed by atoms with Gasteiger partial charge in [-0.25, -0.2) is 4.39 Å². The van der Waals surface area contributed by atoms with Gasteiger partial charge in [0, 0.05) is 17.8 Å². The van der Waals surface area contributed by atoms with Crippen LogP contribution in [0.15, 0.2) is 36.4 Å². The number of hydrogen-bond acceptors (Lipinski definition) is 2. The van der Waals surface area contributed by atoms with Gasteiger partial charge in [-0.1, -0.05) is 23.7 Å².